The lowest BCUT2D eigenvalue weighted by Crippen LogP contribution is -2.41. The summed E-state index contributed by atoms with van der Waals surface area (Å²) in [5.41, 5.74) is 0.0908. The Labute approximate surface area is 111 Å². The lowest BCUT2D eigenvalue weighted by atomic mass is 9.89. The molecular formula is C14H28N2O2. The number of hydrogen-bond donors (Lipinski definition) is 1. The number of ether oxygens (including phenoxy) is 1. The Bertz CT molecular complexity index is 290. The first-order valence-electron chi connectivity index (χ1n) is 6.84. The van der Waals surface area contributed by atoms with Gasteiger partial charge >= 0.3 is 0 Å². The highest BCUT2D eigenvalue weighted by atomic mass is 16.5. The van der Waals surface area contributed by atoms with Crippen molar-refractivity contribution in [1.29, 1.82) is 0 Å². The highest BCUT2D eigenvalue weighted by Gasteiger charge is 2.40. The summed E-state index contributed by atoms with van der Waals surface area (Å²) >= 11 is 0. The average Bonchev–Trinajstić information content (AvgIpc) is 2.54. The minimum absolute atomic E-state index is 0.0294. The molecule has 0 spiro atoms. The molecule has 1 N–H and O–H groups in total. The SMILES string of the molecule is COCCC(C)(C)CN1C(=O)C(C(C)C)NC1C. The van der Waals surface area contributed by atoms with Crippen molar-refractivity contribution in [2.45, 2.75) is 53.2 Å². The molecule has 0 aromatic heterocycles. The first-order chi connectivity index (χ1) is 8.28. The highest BCUT2D eigenvalue weighted by molar-refractivity contribution is 5.84. The average molecular weight is 256 g/mol. The van der Waals surface area contributed by atoms with Crippen LogP contribution in [0, 0.1) is 11.3 Å². The van der Waals surface area contributed by atoms with Gasteiger partial charge in [-0.05, 0) is 24.7 Å². The van der Waals surface area contributed by atoms with Crippen molar-refractivity contribution in [2.75, 3.05) is 20.3 Å². The van der Waals surface area contributed by atoms with Crippen LogP contribution in [0.3, 0.4) is 0 Å². The fourth-order valence-electron chi connectivity index (χ4n) is 2.40. The van der Waals surface area contributed by atoms with Gasteiger partial charge in [-0.1, -0.05) is 27.7 Å². The van der Waals surface area contributed by atoms with E-state index in [2.05, 4.69) is 39.9 Å². The second-order valence-electron chi connectivity index (χ2n) is 6.44. The van der Waals surface area contributed by atoms with E-state index >= 15 is 0 Å². The molecule has 1 heterocycles. The molecule has 0 bridgehead atoms. The molecule has 0 aromatic rings. The molecule has 1 rings (SSSR count). The van der Waals surface area contributed by atoms with E-state index in [1.54, 1.807) is 7.11 Å². The molecule has 4 nitrogen and oxygen atoms in total. The van der Waals surface area contributed by atoms with Gasteiger partial charge < -0.3 is 9.64 Å². The number of carbonyl (C=O) groups excluding carboxylic acids is 1. The van der Waals surface area contributed by atoms with Crippen LogP contribution in [-0.2, 0) is 9.53 Å². The predicted molar refractivity (Wildman–Crippen MR) is 73.2 cm³/mol. The number of nitrogens with zero attached hydrogens (tertiary/aromatic N) is 1. The Morgan fingerprint density at radius 3 is 2.50 bits per heavy atom. The third-order valence-corrected chi connectivity index (χ3v) is 3.69. The van der Waals surface area contributed by atoms with Crippen molar-refractivity contribution >= 4 is 5.91 Å². The summed E-state index contributed by atoms with van der Waals surface area (Å²) in [4.78, 5) is 14.3. The molecule has 1 aliphatic rings. The van der Waals surface area contributed by atoms with E-state index in [1.165, 1.54) is 0 Å². The molecule has 2 atom stereocenters. The molecule has 0 radical (unpaired) electrons. The third kappa shape index (κ3) is 3.69. The molecule has 0 saturated carbocycles. The topological polar surface area (TPSA) is 41.6 Å². The van der Waals surface area contributed by atoms with Crippen LogP contribution >= 0.6 is 0 Å². The van der Waals surface area contributed by atoms with Crippen LogP contribution in [0.4, 0.5) is 0 Å². The highest BCUT2D eigenvalue weighted by Crippen LogP contribution is 2.26. The molecule has 1 fully saturated rings. The Morgan fingerprint density at radius 2 is 2.06 bits per heavy atom. The van der Waals surface area contributed by atoms with Crippen molar-refractivity contribution in [1.82, 2.24) is 10.2 Å². The lowest BCUT2D eigenvalue weighted by molar-refractivity contribution is -0.132. The normalized spacial score (nSPS) is 25.3. The van der Waals surface area contributed by atoms with E-state index in [0.29, 0.717) is 5.92 Å². The fourth-order valence-corrected chi connectivity index (χ4v) is 2.40. The maximum absolute atomic E-state index is 12.3. The molecule has 0 aliphatic carbocycles. The monoisotopic (exact) mass is 256 g/mol. The van der Waals surface area contributed by atoms with E-state index in [-0.39, 0.29) is 23.5 Å². The van der Waals surface area contributed by atoms with Gasteiger partial charge in [-0.25, -0.2) is 0 Å². The fraction of sp³-hybridized carbons (Fsp3) is 0.929. The van der Waals surface area contributed by atoms with Gasteiger partial charge in [-0.2, -0.15) is 0 Å². The summed E-state index contributed by atoms with van der Waals surface area (Å²) in [6.07, 6.45) is 1.10. The minimum atomic E-state index is -0.0294. The minimum Gasteiger partial charge on any atom is -0.385 e. The largest absolute Gasteiger partial charge is 0.385 e. The van der Waals surface area contributed by atoms with Gasteiger partial charge in [0.15, 0.2) is 0 Å². The first kappa shape index (κ1) is 15.4. The molecule has 2 unspecified atom stereocenters. The summed E-state index contributed by atoms with van der Waals surface area (Å²) in [5.74, 6) is 0.579. The maximum atomic E-state index is 12.3. The number of carbonyl (C=O) groups is 1. The Kier molecular flexibility index (Phi) is 5.17. The van der Waals surface area contributed by atoms with Crippen molar-refractivity contribution < 1.29 is 9.53 Å². The summed E-state index contributed by atoms with van der Waals surface area (Å²) in [7, 11) is 1.72. The van der Waals surface area contributed by atoms with Gasteiger partial charge in [0.25, 0.3) is 0 Å². The standard InChI is InChI=1S/C14H28N2O2/c1-10(2)12-13(17)16(11(3)15-12)9-14(4,5)7-8-18-6/h10-12,15H,7-9H2,1-6H3. The van der Waals surface area contributed by atoms with Crippen LogP contribution in [0.2, 0.25) is 0 Å². The molecule has 1 amide bonds. The summed E-state index contributed by atoms with van der Waals surface area (Å²) < 4.78 is 5.14. The number of hydrogen-bond acceptors (Lipinski definition) is 3. The van der Waals surface area contributed by atoms with Crippen molar-refractivity contribution in [3.63, 3.8) is 0 Å². The molecule has 18 heavy (non-hydrogen) atoms. The molecule has 1 aliphatic heterocycles. The second kappa shape index (κ2) is 6.02. The lowest BCUT2D eigenvalue weighted by Gasteiger charge is -2.32. The quantitative estimate of drug-likeness (QED) is 0.788. The van der Waals surface area contributed by atoms with Gasteiger partial charge in [0.2, 0.25) is 5.91 Å². The summed E-state index contributed by atoms with van der Waals surface area (Å²) in [6, 6.07) is -0.0294. The van der Waals surface area contributed by atoms with Crippen LogP contribution in [0.1, 0.15) is 41.0 Å². The summed E-state index contributed by atoms with van der Waals surface area (Å²) in [6.45, 7) is 12.1. The van der Waals surface area contributed by atoms with Crippen LogP contribution in [0.25, 0.3) is 0 Å². The van der Waals surface area contributed by atoms with Gasteiger partial charge in [-0.3, -0.25) is 10.1 Å². The van der Waals surface area contributed by atoms with Crippen LogP contribution in [-0.4, -0.2) is 43.3 Å². The molecule has 106 valence electrons. The van der Waals surface area contributed by atoms with E-state index in [0.717, 1.165) is 19.6 Å². The van der Waals surface area contributed by atoms with Crippen LogP contribution in [0.15, 0.2) is 0 Å². The molecular weight excluding hydrogens is 228 g/mol. The zero-order valence-corrected chi connectivity index (χ0v) is 12.6. The van der Waals surface area contributed by atoms with Gasteiger partial charge in [0.05, 0.1) is 12.2 Å². The smallest absolute Gasteiger partial charge is 0.241 e. The predicted octanol–water partition coefficient (Wildman–Crippen LogP) is 1.85. The number of rotatable bonds is 6. The van der Waals surface area contributed by atoms with Crippen molar-refractivity contribution in [3.05, 3.63) is 0 Å². The summed E-state index contributed by atoms with van der Waals surface area (Å²) in [5, 5.41) is 3.38. The zero-order chi connectivity index (χ0) is 13.9. The van der Waals surface area contributed by atoms with Gasteiger partial charge in [0.1, 0.15) is 0 Å². The van der Waals surface area contributed by atoms with Gasteiger partial charge in [0, 0.05) is 20.3 Å². The first-order valence-corrected chi connectivity index (χ1v) is 6.84. The van der Waals surface area contributed by atoms with Crippen LogP contribution in [0.5, 0.6) is 0 Å². The number of amides is 1. The second-order valence-corrected chi connectivity index (χ2v) is 6.44. The maximum Gasteiger partial charge on any atom is 0.241 e. The van der Waals surface area contributed by atoms with Crippen LogP contribution < -0.4 is 5.32 Å². The Balaban J connectivity index is 2.64. The molecule has 0 aromatic carbocycles. The molecule has 1 saturated heterocycles. The van der Waals surface area contributed by atoms with E-state index in [4.69, 9.17) is 4.74 Å². The third-order valence-electron chi connectivity index (χ3n) is 3.69. The zero-order valence-electron chi connectivity index (χ0n) is 12.6. The van der Waals surface area contributed by atoms with E-state index in [1.807, 2.05) is 4.90 Å². The molecule has 4 heteroatoms. The Morgan fingerprint density at radius 1 is 1.44 bits per heavy atom. The van der Waals surface area contributed by atoms with E-state index in [9.17, 15) is 4.79 Å². The number of nitrogens with one attached hydrogen (secondary N) is 1. The van der Waals surface area contributed by atoms with E-state index < -0.39 is 0 Å². The Hall–Kier alpha value is -0.610. The van der Waals surface area contributed by atoms with Crippen molar-refractivity contribution in [2.24, 2.45) is 11.3 Å². The van der Waals surface area contributed by atoms with Crippen molar-refractivity contribution in [3.8, 4) is 0 Å². The number of methoxy groups -OCH3 is 1. The van der Waals surface area contributed by atoms with Gasteiger partial charge in [-0.15, -0.1) is 0 Å².